The fraction of sp³-hybridized carbons (Fsp3) is 0.435. The highest BCUT2D eigenvalue weighted by Crippen LogP contribution is 2.25. The van der Waals surface area contributed by atoms with Crippen LogP contribution < -0.4 is 14.9 Å². The number of hydrogen-bond donors (Lipinski definition) is 2. The number of hydrogen-bond acceptors (Lipinski definition) is 4. The van der Waals surface area contributed by atoms with Crippen molar-refractivity contribution in [1.29, 1.82) is 0 Å². The van der Waals surface area contributed by atoms with Gasteiger partial charge < -0.3 is 10.2 Å². The number of nitrogens with one attached hydrogen (secondary N) is 2. The van der Waals surface area contributed by atoms with Gasteiger partial charge in [0, 0.05) is 35.6 Å². The Morgan fingerprint density at radius 3 is 2.33 bits per heavy atom. The molecule has 7 heteroatoms. The summed E-state index contributed by atoms with van der Waals surface area (Å²) in [5.41, 5.74) is 2.27. The van der Waals surface area contributed by atoms with E-state index in [1.807, 2.05) is 24.3 Å². The number of aryl methyl sites for hydroxylation is 1. The lowest BCUT2D eigenvalue weighted by Crippen LogP contribution is -2.40. The van der Waals surface area contributed by atoms with Gasteiger partial charge in [-0.3, -0.25) is 4.79 Å². The third-order valence-corrected chi connectivity index (χ3v) is 6.87. The lowest BCUT2D eigenvalue weighted by Gasteiger charge is -2.21. The number of anilines is 2. The Morgan fingerprint density at radius 2 is 1.77 bits per heavy atom. The molecule has 0 spiro atoms. The smallest absolute Gasteiger partial charge is 0.255 e. The molecule has 0 aromatic heterocycles. The zero-order valence-electron chi connectivity index (χ0n) is 18.3. The van der Waals surface area contributed by atoms with Crippen molar-refractivity contribution in [2.24, 2.45) is 5.92 Å². The van der Waals surface area contributed by atoms with Crippen molar-refractivity contribution in [2.75, 3.05) is 23.3 Å². The van der Waals surface area contributed by atoms with Crippen molar-refractivity contribution >= 4 is 27.3 Å². The molecule has 0 aliphatic carbocycles. The van der Waals surface area contributed by atoms with E-state index in [0.29, 0.717) is 22.7 Å². The van der Waals surface area contributed by atoms with E-state index in [0.717, 1.165) is 18.8 Å². The van der Waals surface area contributed by atoms with Crippen LogP contribution in [-0.2, 0) is 10.0 Å². The highest BCUT2D eigenvalue weighted by atomic mass is 32.2. The van der Waals surface area contributed by atoms with Crippen LogP contribution in [0.5, 0.6) is 0 Å². The molecule has 1 aliphatic rings. The lowest BCUT2D eigenvalue weighted by molar-refractivity contribution is 0.102. The Bertz CT molecular complexity index is 1020. The van der Waals surface area contributed by atoms with Gasteiger partial charge in [-0.2, -0.15) is 0 Å². The van der Waals surface area contributed by atoms with E-state index < -0.39 is 15.6 Å². The largest absolute Gasteiger partial charge is 0.371 e. The Morgan fingerprint density at radius 1 is 1.10 bits per heavy atom. The van der Waals surface area contributed by atoms with Crippen LogP contribution in [0.15, 0.2) is 47.4 Å². The van der Waals surface area contributed by atoms with Crippen LogP contribution in [0, 0.1) is 12.8 Å². The maximum absolute atomic E-state index is 12.8. The molecule has 1 heterocycles. The maximum atomic E-state index is 12.8. The predicted octanol–water partition coefficient (Wildman–Crippen LogP) is 4.17. The van der Waals surface area contributed by atoms with E-state index in [2.05, 4.69) is 21.9 Å². The predicted molar refractivity (Wildman–Crippen MR) is 122 cm³/mol. The minimum absolute atomic E-state index is 0.0756. The lowest BCUT2D eigenvalue weighted by atomic mass is 10.1. The van der Waals surface area contributed by atoms with E-state index >= 15 is 0 Å². The van der Waals surface area contributed by atoms with Gasteiger partial charge in [0.25, 0.3) is 5.91 Å². The summed E-state index contributed by atoms with van der Waals surface area (Å²) < 4.78 is 27.9. The van der Waals surface area contributed by atoms with Gasteiger partial charge >= 0.3 is 0 Å². The second-order valence-corrected chi connectivity index (χ2v) is 10.9. The van der Waals surface area contributed by atoms with E-state index in [9.17, 15) is 13.2 Å². The third-order valence-electron chi connectivity index (χ3n) is 5.12. The molecule has 1 saturated heterocycles. The van der Waals surface area contributed by atoms with Crippen molar-refractivity contribution in [3.8, 4) is 0 Å². The highest BCUT2D eigenvalue weighted by molar-refractivity contribution is 7.89. The SMILES string of the molecule is Cc1ccc(S(=O)(=O)NC(C)(C)C)cc1C(=O)Nc1ccc(N2CCC(C)C2)cc1. The van der Waals surface area contributed by atoms with Gasteiger partial charge in [0.05, 0.1) is 4.90 Å². The van der Waals surface area contributed by atoms with Crippen LogP contribution in [0.3, 0.4) is 0 Å². The summed E-state index contributed by atoms with van der Waals surface area (Å²) in [7, 11) is -3.72. The molecule has 0 bridgehead atoms. The zero-order chi connectivity index (χ0) is 22.1. The summed E-state index contributed by atoms with van der Waals surface area (Å²) in [6.07, 6.45) is 1.20. The normalized spacial score (nSPS) is 17.2. The van der Waals surface area contributed by atoms with Crippen molar-refractivity contribution in [3.63, 3.8) is 0 Å². The molecule has 2 aromatic carbocycles. The molecule has 1 amide bonds. The molecule has 0 radical (unpaired) electrons. The minimum Gasteiger partial charge on any atom is -0.371 e. The highest BCUT2D eigenvalue weighted by Gasteiger charge is 2.24. The Labute approximate surface area is 179 Å². The third kappa shape index (κ3) is 5.40. The second-order valence-electron chi connectivity index (χ2n) is 9.17. The summed E-state index contributed by atoms with van der Waals surface area (Å²) in [5.74, 6) is 0.367. The topological polar surface area (TPSA) is 78.5 Å². The molecule has 1 atom stereocenters. The molecule has 162 valence electrons. The van der Waals surface area contributed by atoms with Crippen molar-refractivity contribution < 1.29 is 13.2 Å². The fourth-order valence-electron chi connectivity index (χ4n) is 3.60. The molecule has 3 rings (SSSR count). The molecular weight excluding hydrogens is 398 g/mol. The van der Waals surface area contributed by atoms with Gasteiger partial charge in [0.2, 0.25) is 10.0 Å². The summed E-state index contributed by atoms with van der Waals surface area (Å²) in [6, 6.07) is 12.4. The van der Waals surface area contributed by atoms with Crippen LogP contribution in [0.4, 0.5) is 11.4 Å². The van der Waals surface area contributed by atoms with Crippen LogP contribution in [-0.4, -0.2) is 33.0 Å². The monoisotopic (exact) mass is 429 g/mol. The first-order valence-electron chi connectivity index (χ1n) is 10.3. The number of carbonyl (C=O) groups is 1. The van der Waals surface area contributed by atoms with Crippen LogP contribution >= 0.6 is 0 Å². The molecule has 1 aliphatic heterocycles. The summed E-state index contributed by atoms with van der Waals surface area (Å²) in [6.45, 7) is 11.5. The van der Waals surface area contributed by atoms with Gasteiger partial charge in [0.15, 0.2) is 0 Å². The van der Waals surface area contributed by atoms with Gasteiger partial charge in [-0.15, -0.1) is 0 Å². The first kappa shape index (κ1) is 22.3. The Balaban J connectivity index is 1.77. The minimum atomic E-state index is -3.72. The van der Waals surface area contributed by atoms with Gasteiger partial charge in [-0.1, -0.05) is 13.0 Å². The van der Waals surface area contributed by atoms with Crippen molar-refractivity contribution in [3.05, 3.63) is 53.6 Å². The fourth-order valence-corrected chi connectivity index (χ4v) is 5.04. The Kier molecular flexibility index (Phi) is 6.24. The zero-order valence-corrected chi connectivity index (χ0v) is 19.1. The number of amides is 1. The number of sulfonamides is 1. The second kappa shape index (κ2) is 8.40. The number of rotatable bonds is 5. The molecule has 30 heavy (non-hydrogen) atoms. The first-order valence-corrected chi connectivity index (χ1v) is 11.7. The van der Waals surface area contributed by atoms with Crippen molar-refractivity contribution in [2.45, 2.75) is 51.5 Å². The average Bonchev–Trinajstić information content (AvgIpc) is 3.07. The van der Waals surface area contributed by atoms with E-state index in [1.165, 1.54) is 18.6 Å². The molecule has 2 aromatic rings. The molecule has 2 N–H and O–H groups in total. The first-order chi connectivity index (χ1) is 13.9. The van der Waals surface area contributed by atoms with E-state index in [4.69, 9.17) is 0 Å². The Hall–Kier alpha value is -2.38. The summed E-state index contributed by atoms with van der Waals surface area (Å²) >= 11 is 0. The van der Waals surface area contributed by atoms with E-state index in [-0.39, 0.29) is 10.8 Å². The van der Waals surface area contributed by atoms with Gasteiger partial charge in [-0.05, 0) is 82.0 Å². The van der Waals surface area contributed by atoms with Gasteiger partial charge in [-0.25, -0.2) is 13.1 Å². The number of carbonyl (C=O) groups excluding carboxylic acids is 1. The van der Waals surface area contributed by atoms with Crippen LogP contribution in [0.1, 0.15) is 50.0 Å². The molecule has 1 unspecified atom stereocenters. The van der Waals surface area contributed by atoms with Crippen LogP contribution in [0.25, 0.3) is 0 Å². The summed E-state index contributed by atoms with van der Waals surface area (Å²) in [5, 5.41) is 2.88. The molecule has 1 fully saturated rings. The maximum Gasteiger partial charge on any atom is 0.255 e. The van der Waals surface area contributed by atoms with Gasteiger partial charge in [0.1, 0.15) is 0 Å². The van der Waals surface area contributed by atoms with Crippen molar-refractivity contribution in [1.82, 2.24) is 4.72 Å². The standard InChI is InChI=1S/C23H31N3O3S/c1-16-12-13-26(15-16)19-9-7-18(8-10-19)24-22(27)21-14-20(11-6-17(21)2)30(28,29)25-23(3,4)5/h6-11,14,16,25H,12-13,15H2,1-5H3,(H,24,27). The average molecular weight is 430 g/mol. The summed E-state index contributed by atoms with van der Waals surface area (Å²) in [4.78, 5) is 15.3. The quantitative estimate of drug-likeness (QED) is 0.748. The number of nitrogens with zero attached hydrogens (tertiary/aromatic N) is 1. The molecular formula is C23H31N3O3S. The van der Waals surface area contributed by atoms with E-state index in [1.54, 1.807) is 33.8 Å². The molecule has 6 nitrogen and oxygen atoms in total. The van der Waals surface area contributed by atoms with Crippen LogP contribution in [0.2, 0.25) is 0 Å². The molecule has 0 saturated carbocycles. The number of benzene rings is 2.